The Bertz CT molecular complexity index is 455. The molecule has 1 N–H and O–H groups in total. The average Bonchev–Trinajstić information content (AvgIpc) is 2.42. The summed E-state index contributed by atoms with van der Waals surface area (Å²) in [6, 6.07) is 4.02. The molecule has 1 aromatic carbocycles. The van der Waals surface area contributed by atoms with Gasteiger partial charge in [-0.3, -0.25) is 0 Å². The summed E-state index contributed by atoms with van der Waals surface area (Å²) in [6.45, 7) is 9.84. The highest BCUT2D eigenvalue weighted by Gasteiger charge is 2.23. The van der Waals surface area contributed by atoms with Gasteiger partial charge in [0.2, 0.25) is 0 Å². The molecule has 120 valence electrons. The van der Waals surface area contributed by atoms with E-state index in [1.807, 2.05) is 12.1 Å². The van der Waals surface area contributed by atoms with Crippen molar-refractivity contribution in [3.05, 3.63) is 22.7 Å². The molecule has 1 atom stereocenters. The molecule has 0 aliphatic carbocycles. The van der Waals surface area contributed by atoms with Crippen molar-refractivity contribution in [2.75, 3.05) is 20.8 Å². The lowest BCUT2D eigenvalue weighted by Gasteiger charge is -2.28. The summed E-state index contributed by atoms with van der Waals surface area (Å²) in [5.74, 6) is 1.38. The first-order chi connectivity index (χ1) is 9.82. The second-order valence-corrected chi connectivity index (χ2v) is 6.91. The molecule has 0 amide bonds. The number of hydrogen-bond donors (Lipinski definition) is 1. The van der Waals surface area contributed by atoms with E-state index in [-0.39, 0.29) is 11.5 Å². The summed E-state index contributed by atoms with van der Waals surface area (Å²) < 4.78 is 10.7. The van der Waals surface area contributed by atoms with Crippen molar-refractivity contribution in [1.29, 1.82) is 0 Å². The Balaban J connectivity index is 3.16. The Labute approximate surface area is 134 Å². The van der Waals surface area contributed by atoms with Crippen LogP contribution < -0.4 is 14.8 Å². The topological polar surface area (TPSA) is 30.5 Å². The summed E-state index contributed by atoms with van der Waals surface area (Å²) in [6.07, 6.45) is 2.09. The molecule has 0 fully saturated rings. The van der Waals surface area contributed by atoms with Crippen LogP contribution in [0.4, 0.5) is 0 Å². The van der Waals surface area contributed by atoms with Crippen LogP contribution in [0.25, 0.3) is 0 Å². The van der Waals surface area contributed by atoms with Gasteiger partial charge in [0.05, 0.1) is 14.2 Å². The van der Waals surface area contributed by atoms with Crippen LogP contribution in [0, 0.1) is 5.41 Å². The Kier molecular flexibility index (Phi) is 6.82. The van der Waals surface area contributed by atoms with E-state index in [1.54, 1.807) is 14.2 Å². The Morgan fingerprint density at radius 3 is 2.19 bits per heavy atom. The first kappa shape index (κ1) is 18.1. The maximum absolute atomic E-state index is 6.46. The maximum Gasteiger partial charge on any atom is 0.162 e. The van der Waals surface area contributed by atoms with E-state index in [4.69, 9.17) is 21.1 Å². The summed E-state index contributed by atoms with van der Waals surface area (Å²) in [4.78, 5) is 0. The van der Waals surface area contributed by atoms with Crippen LogP contribution in [-0.4, -0.2) is 20.8 Å². The highest BCUT2D eigenvalue weighted by atomic mass is 35.5. The lowest BCUT2D eigenvalue weighted by molar-refractivity contribution is 0.310. The normalized spacial score (nSPS) is 13.1. The zero-order chi connectivity index (χ0) is 16.0. The molecule has 0 aliphatic heterocycles. The number of rotatable bonds is 7. The SMILES string of the molecule is CCCNC(CC(C)(C)C)c1cc(OC)c(OC)cc1Cl. The molecule has 0 spiro atoms. The molecule has 0 bridgehead atoms. The minimum absolute atomic E-state index is 0.206. The van der Waals surface area contributed by atoms with Gasteiger partial charge in [-0.25, -0.2) is 0 Å². The molecule has 1 aromatic rings. The second kappa shape index (κ2) is 7.90. The first-order valence-corrected chi connectivity index (χ1v) is 7.85. The summed E-state index contributed by atoms with van der Waals surface area (Å²) >= 11 is 6.46. The summed E-state index contributed by atoms with van der Waals surface area (Å²) in [7, 11) is 3.27. The number of methoxy groups -OCH3 is 2. The van der Waals surface area contributed by atoms with Crippen LogP contribution in [0.15, 0.2) is 12.1 Å². The van der Waals surface area contributed by atoms with Crippen molar-refractivity contribution in [2.24, 2.45) is 5.41 Å². The van der Waals surface area contributed by atoms with Gasteiger partial charge >= 0.3 is 0 Å². The maximum atomic E-state index is 6.46. The standard InChI is InChI=1S/C17H28ClNO2/c1-7-8-19-14(11-17(2,3)4)12-9-15(20-5)16(21-6)10-13(12)18/h9-10,14,19H,7-8,11H2,1-6H3. The third kappa shape index (κ3) is 5.40. The van der Waals surface area contributed by atoms with Crippen LogP contribution in [0.5, 0.6) is 11.5 Å². The smallest absolute Gasteiger partial charge is 0.162 e. The van der Waals surface area contributed by atoms with Crippen LogP contribution in [0.3, 0.4) is 0 Å². The largest absolute Gasteiger partial charge is 0.493 e. The zero-order valence-corrected chi connectivity index (χ0v) is 14.8. The van der Waals surface area contributed by atoms with Crippen molar-refractivity contribution >= 4 is 11.6 Å². The van der Waals surface area contributed by atoms with Crippen molar-refractivity contribution in [2.45, 2.75) is 46.6 Å². The first-order valence-electron chi connectivity index (χ1n) is 7.47. The molecular formula is C17H28ClNO2. The number of hydrogen-bond acceptors (Lipinski definition) is 3. The molecule has 1 rings (SSSR count). The van der Waals surface area contributed by atoms with Crippen LogP contribution in [0.2, 0.25) is 5.02 Å². The molecule has 4 heteroatoms. The Hall–Kier alpha value is -0.930. The van der Waals surface area contributed by atoms with Crippen LogP contribution in [-0.2, 0) is 0 Å². The van der Waals surface area contributed by atoms with Gasteiger partial charge in [0.15, 0.2) is 11.5 Å². The Morgan fingerprint density at radius 2 is 1.71 bits per heavy atom. The van der Waals surface area contributed by atoms with E-state index in [1.165, 1.54) is 0 Å². The highest BCUT2D eigenvalue weighted by Crippen LogP contribution is 2.39. The molecule has 0 aromatic heterocycles. The second-order valence-electron chi connectivity index (χ2n) is 6.50. The highest BCUT2D eigenvalue weighted by molar-refractivity contribution is 6.31. The fraction of sp³-hybridized carbons (Fsp3) is 0.647. The van der Waals surface area contributed by atoms with Gasteiger partial charge in [-0.05, 0) is 36.4 Å². The number of benzene rings is 1. The van der Waals surface area contributed by atoms with E-state index >= 15 is 0 Å². The third-order valence-electron chi connectivity index (χ3n) is 3.34. The van der Waals surface area contributed by atoms with Crippen molar-refractivity contribution in [1.82, 2.24) is 5.32 Å². The fourth-order valence-corrected chi connectivity index (χ4v) is 2.65. The average molecular weight is 314 g/mol. The van der Waals surface area contributed by atoms with Crippen molar-refractivity contribution < 1.29 is 9.47 Å². The Morgan fingerprint density at radius 1 is 1.14 bits per heavy atom. The van der Waals surface area contributed by atoms with Crippen LogP contribution >= 0.6 is 11.6 Å². The lowest BCUT2D eigenvalue weighted by atomic mass is 9.85. The molecule has 0 radical (unpaired) electrons. The number of nitrogens with one attached hydrogen (secondary N) is 1. The van der Waals surface area contributed by atoms with Gasteiger partial charge in [-0.1, -0.05) is 39.3 Å². The van der Waals surface area contributed by atoms with E-state index in [0.29, 0.717) is 16.5 Å². The molecular weight excluding hydrogens is 286 g/mol. The molecule has 0 saturated heterocycles. The predicted octanol–water partition coefficient (Wildman–Crippen LogP) is 4.83. The molecule has 21 heavy (non-hydrogen) atoms. The summed E-state index contributed by atoms with van der Waals surface area (Å²) in [5, 5.41) is 4.30. The van der Waals surface area contributed by atoms with E-state index in [9.17, 15) is 0 Å². The van der Waals surface area contributed by atoms with Gasteiger partial charge in [0, 0.05) is 17.1 Å². The minimum atomic E-state index is 0.206. The lowest BCUT2D eigenvalue weighted by Crippen LogP contribution is -2.26. The zero-order valence-electron chi connectivity index (χ0n) is 14.0. The predicted molar refractivity (Wildman–Crippen MR) is 89.7 cm³/mol. The van der Waals surface area contributed by atoms with Gasteiger partial charge in [0.1, 0.15) is 0 Å². The van der Waals surface area contributed by atoms with Gasteiger partial charge in [-0.2, -0.15) is 0 Å². The summed E-state index contributed by atoms with van der Waals surface area (Å²) in [5.41, 5.74) is 1.28. The third-order valence-corrected chi connectivity index (χ3v) is 3.66. The van der Waals surface area contributed by atoms with E-state index < -0.39 is 0 Å². The molecule has 1 unspecified atom stereocenters. The van der Waals surface area contributed by atoms with Gasteiger partial charge < -0.3 is 14.8 Å². The van der Waals surface area contributed by atoms with Crippen molar-refractivity contribution in [3.8, 4) is 11.5 Å². The number of ether oxygens (including phenoxy) is 2. The molecule has 3 nitrogen and oxygen atoms in total. The molecule has 0 heterocycles. The van der Waals surface area contributed by atoms with Crippen molar-refractivity contribution in [3.63, 3.8) is 0 Å². The minimum Gasteiger partial charge on any atom is -0.493 e. The monoisotopic (exact) mass is 313 g/mol. The quantitative estimate of drug-likeness (QED) is 0.781. The van der Waals surface area contributed by atoms with E-state index in [0.717, 1.165) is 24.9 Å². The molecule has 0 saturated carbocycles. The fourth-order valence-electron chi connectivity index (χ4n) is 2.36. The number of halogens is 1. The van der Waals surface area contributed by atoms with Gasteiger partial charge in [0.25, 0.3) is 0 Å². The van der Waals surface area contributed by atoms with E-state index in [2.05, 4.69) is 33.0 Å². The van der Waals surface area contributed by atoms with Crippen LogP contribution in [0.1, 0.15) is 52.1 Å². The molecule has 0 aliphatic rings. The van der Waals surface area contributed by atoms with Gasteiger partial charge in [-0.15, -0.1) is 0 Å².